The van der Waals surface area contributed by atoms with Gasteiger partial charge >= 0.3 is 0 Å². The van der Waals surface area contributed by atoms with Gasteiger partial charge in [-0.3, -0.25) is 4.79 Å². The van der Waals surface area contributed by atoms with E-state index in [4.69, 9.17) is 4.74 Å². The van der Waals surface area contributed by atoms with Crippen LogP contribution in [0.3, 0.4) is 0 Å². The van der Waals surface area contributed by atoms with E-state index in [1.807, 2.05) is 31.2 Å². The third-order valence-electron chi connectivity index (χ3n) is 5.22. The summed E-state index contributed by atoms with van der Waals surface area (Å²) in [6, 6.07) is 12.6. The first-order chi connectivity index (χ1) is 15.4. The Morgan fingerprint density at radius 3 is 2.56 bits per heavy atom. The minimum absolute atomic E-state index is 0.0673. The van der Waals surface area contributed by atoms with Crippen molar-refractivity contribution >= 4 is 33.0 Å². The molecule has 32 heavy (non-hydrogen) atoms. The van der Waals surface area contributed by atoms with Crippen molar-refractivity contribution in [3.63, 3.8) is 0 Å². The van der Waals surface area contributed by atoms with Gasteiger partial charge in [0.2, 0.25) is 10.0 Å². The highest BCUT2D eigenvalue weighted by atomic mass is 32.2. The zero-order chi connectivity index (χ0) is 22.7. The summed E-state index contributed by atoms with van der Waals surface area (Å²) >= 11 is 1.39. The molecule has 0 radical (unpaired) electrons. The van der Waals surface area contributed by atoms with E-state index in [1.165, 1.54) is 21.7 Å². The van der Waals surface area contributed by atoms with Gasteiger partial charge in [0.25, 0.3) is 5.91 Å². The fourth-order valence-corrected chi connectivity index (χ4v) is 6.01. The van der Waals surface area contributed by atoms with Gasteiger partial charge in [0.05, 0.1) is 6.61 Å². The molecule has 1 aliphatic heterocycles. The number of carbonyl (C=O) groups excluding carboxylic acids is 1. The minimum atomic E-state index is -3.71. The summed E-state index contributed by atoms with van der Waals surface area (Å²) in [5.74, 6) is -0.110. The molecule has 4 rings (SSSR count). The van der Waals surface area contributed by atoms with Crippen LogP contribution in [0, 0.1) is 6.92 Å². The van der Waals surface area contributed by atoms with Crippen LogP contribution in [0.2, 0.25) is 0 Å². The van der Waals surface area contributed by atoms with E-state index in [-0.39, 0.29) is 16.3 Å². The molecule has 1 amide bonds. The number of hydrogen-bond donors (Lipinski definition) is 1. The highest BCUT2D eigenvalue weighted by molar-refractivity contribution is 7.89. The number of sulfonamides is 1. The lowest BCUT2D eigenvalue weighted by atomic mass is 10.2. The average molecular weight is 472 g/mol. The van der Waals surface area contributed by atoms with Gasteiger partial charge in [-0.2, -0.15) is 4.31 Å². The van der Waals surface area contributed by atoms with Crippen molar-refractivity contribution in [3.05, 3.63) is 59.1 Å². The molecule has 0 spiro atoms. The standard InChI is InChI=1S/C23H25N3O4S2/c1-3-30-20-11-10-18(14-21(20)32(28,29)26-12-4-5-13-26)24-22(27)19-15-31-23(25-19)17-8-6-16(2)7-9-17/h6-11,14-15H,3-5,12-13H2,1-2H3,(H,24,27). The maximum absolute atomic E-state index is 13.1. The molecule has 0 aliphatic carbocycles. The number of nitrogens with one attached hydrogen (secondary N) is 1. The molecule has 1 fully saturated rings. The van der Waals surface area contributed by atoms with Crippen LogP contribution in [-0.4, -0.2) is 43.3 Å². The van der Waals surface area contributed by atoms with E-state index in [0.717, 1.165) is 29.0 Å². The van der Waals surface area contributed by atoms with Crippen molar-refractivity contribution in [2.45, 2.75) is 31.6 Å². The molecule has 2 heterocycles. The van der Waals surface area contributed by atoms with Gasteiger partial charge in [-0.1, -0.05) is 29.8 Å². The Bertz CT molecular complexity index is 1210. The number of hydrogen-bond acceptors (Lipinski definition) is 6. The summed E-state index contributed by atoms with van der Waals surface area (Å²) in [6.07, 6.45) is 1.68. The van der Waals surface area contributed by atoms with Gasteiger partial charge in [0.1, 0.15) is 21.3 Å². The molecule has 1 N–H and O–H groups in total. The number of amides is 1. The Hall–Kier alpha value is -2.75. The lowest BCUT2D eigenvalue weighted by Gasteiger charge is -2.19. The number of rotatable bonds is 7. The molecule has 3 aromatic rings. The molecule has 1 aliphatic rings. The lowest BCUT2D eigenvalue weighted by Crippen LogP contribution is -2.28. The Morgan fingerprint density at radius 1 is 1.16 bits per heavy atom. The maximum Gasteiger partial charge on any atom is 0.275 e. The van der Waals surface area contributed by atoms with E-state index in [1.54, 1.807) is 24.4 Å². The van der Waals surface area contributed by atoms with Gasteiger partial charge < -0.3 is 10.1 Å². The van der Waals surface area contributed by atoms with Crippen molar-refractivity contribution in [1.29, 1.82) is 0 Å². The molecule has 1 saturated heterocycles. The quantitative estimate of drug-likeness (QED) is 0.546. The van der Waals surface area contributed by atoms with Crippen molar-refractivity contribution in [2.24, 2.45) is 0 Å². The summed E-state index contributed by atoms with van der Waals surface area (Å²) in [4.78, 5) is 17.3. The molecule has 1 aromatic heterocycles. The Kier molecular flexibility index (Phi) is 6.59. The van der Waals surface area contributed by atoms with E-state index in [2.05, 4.69) is 10.3 Å². The molecular formula is C23H25N3O4S2. The molecule has 0 saturated carbocycles. The number of thiazole rings is 1. The van der Waals surface area contributed by atoms with E-state index in [0.29, 0.717) is 25.4 Å². The zero-order valence-electron chi connectivity index (χ0n) is 18.0. The summed E-state index contributed by atoms with van der Waals surface area (Å²) in [7, 11) is -3.71. The van der Waals surface area contributed by atoms with Crippen LogP contribution in [-0.2, 0) is 10.0 Å². The van der Waals surface area contributed by atoms with Crippen LogP contribution in [0.15, 0.2) is 52.7 Å². The first kappa shape index (κ1) is 22.4. The number of aromatic nitrogens is 1. The predicted molar refractivity (Wildman–Crippen MR) is 126 cm³/mol. The second-order valence-electron chi connectivity index (χ2n) is 7.56. The fraction of sp³-hybridized carbons (Fsp3) is 0.304. The summed E-state index contributed by atoms with van der Waals surface area (Å²) in [5.41, 5.74) is 2.75. The highest BCUT2D eigenvalue weighted by Crippen LogP contribution is 2.32. The number of benzene rings is 2. The van der Waals surface area contributed by atoms with E-state index < -0.39 is 15.9 Å². The molecule has 0 atom stereocenters. The fourth-order valence-electron chi connectivity index (χ4n) is 3.53. The molecule has 2 aromatic carbocycles. The number of aryl methyl sites for hydroxylation is 1. The molecule has 0 unspecified atom stereocenters. The van der Waals surface area contributed by atoms with Gasteiger partial charge in [-0.05, 0) is 44.9 Å². The van der Waals surface area contributed by atoms with Crippen LogP contribution in [0.4, 0.5) is 5.69 Å². The summed E-state index contributed by atoms with van der Waals surface area (Å²) in [5, 5.41) is 5.22. The minimum Gasteiger partial charge on any atom is -0.492 e. The normalized spacial score (nSPS) is 14.4. The third-order valence-corrected chi connectivity index (χ3v) is 8.03. The number of anilines is 1. The van der Waals surface area contributed by atoms with Gasteiger partial charge in [-0.15, -0.1) is 11.3 Å². The topological polar surface area (TPSA) is 88.6 Å². The number of ether oxygens (including phenoxy) is 1. The average Bonchev–Trinajstić information content (AvgIpc) is 3.48. The zero-order valence-corrected chi connectivity index (χ0v) is 19.6. The highest BCUT2D eigenvalue weighted by Gasteiger charge is 2.30. The molecule has 7 nitrogen and oxygen atoms in total. The van der Waals surface area contributed by atoms with Gasteiger partial charge in [0, 0.05) is 29.7 Å². The first-order valence-corrected chi connectivity index (χ1v) is 12.8. The summed E-state index contributed by atoms with van der Waals surface area (Å²) in [6.45, 7) is 5.14. The first-order valence-electron chi connectivity index (χ1n) is 10.5. The van der Waals surface area contributed by atoms with Gasteiger partial charge in [-0.25, -0.2) is 13.4 Å². The third kappa shape index (κ3) is 4.69. The Balaban J connectivity index is 1.58. The van der Waals surface area contributed by atoms with Crippen molar-refractivity contribution < 1.29 is 17.9 Å². The maximum atomic E-state index is 13.1. The van der Waals surface area contributed by atoms with Crippen LogP contribution < -0.4 is 10.1 Å². The smallest absolute Gasteiger partial charge is 0.275 e. The van der Waals surface area contributed by atoms with E-state index in [9.17, 15) is 13.2 Å². The van der Waals surface area contributed by atoms with E-state index >= 15 is 0 Å². The largest absolute Gasteiger partial charge is 0.492 e. The molecule has 9 heteroatoms. The van der Waals surface area contributed by atoms with Crippen LogP contribution >= 0.6 is 11.3 Å². The monoisotopic (exact) mass is 471 g/mol. The number of nitrogens with zero attached hydrogens (tertiary/aromatic N) is 2. The number of carbonyl (C=O) groups is 1. The molecular weight excluding hydrogens is 446 g/mol. The predicted octanol–water partition coefficient (Wildman–Crippen LogP) is 4.55. The van der Waals surface area contributed by atoms with Crippen LogP contribution in [0.5, 0.6) is 5.75 Å². The second-order valence-corrected chi connectivity index (χ2v) is 10.3. The Morgan fingerprint density at radius 2 is 1.88 bits per heavy atom. The van der Waals surface area contributed by atoms with Crippen molar-refractivity contribution in [2.75, 3.05) is 25.0 Å². The van der Waals surface area contributed by atoms with Crippen molar-refractivity contribution in [3.8, 4) is 16.3 Å². The molecule has 0 bridgehead atoms. The van der Waals surface area contributed by atoms with Gasteiger partial charge in [0.15, 0.2) is 0 Å². The second kappa shape index (κ2) is 9.40. The van der Waals surface area contributed by atoms with Crippen LogP contribution in [0.1, 0.15) is 35.8 Å². The van der Waals surface area contributed by atoms with Crippen LogP contribution in [0.25, 0.3) is 10.6 Å². The molecule has 168 valence electrons. The lowest BCUT2D eigenvalue weighted by molar-refractivity contribution is 0.102. The summed E-state index contributed by atoms with van der Waals surface area (Å²) < 4.78 is 33.3. The Labute approximate surface area is 192 Å². The SMILES string of the molecule is CCOc1ccc(NC(=O)c2csc(-c3ccc(C)cc3)n2)cc1S(=O)(=O)N1CCCC1. The van der Waals surface area contributed by atoms with Crippen molar-refractivity contribution in [1.82, 2.24) is 9.29 Å².